The Morgan fingerprint density at radius 1 is 1.08 bits per heavy atom. The number of hydrogen-bond acceptors (Lipinski definition) is 5. The molecule has 3 aromatic rings. The van der Waals surface area contributed by atoms with E-state index in [-0.39, 0.29) is 0 Å². The van der Waals surface area contributed by atoms with Crippen LogP contribution in [0, 0.1) is 6.92 Å². The second-order valence-electron chi connectivity index (χ2n) is 6.45. The third-order valence-corrected chi connectivity index (χ3v) is 4.67. The summed E-state index contributed by atoms with van der Waals surface area (Å²) in [5, 5.41) is 5.34. The highest BCUT2D eigenvalue weighted by Crippen LogP contribution is 2.23. The van der Waals surface area contributed by atoms with Gasteiger partial charge in [-0.15, -0.1) is 0 Å². The zero-order valence-electron chi connectivity index (χ0n) is 14.2. The highest BCUT2D eigenvalue weighted by molar-refractivity contribution is 5.86. The number of rotatable bonds is 3. The van der Waals surface area contributed by atoms with E-state index >= 15 is 0 Å². The van der Waals surface area contributed by atoms with Crippen molar-refractivity contribution in [2.24, 2.45) is 7.05 Å². The number of nitrogens with zero attached hydrogens (tertiary/aromatic N) is 6. The monoisotopic (exact) mass is 322 g/mol. The van der Waals surface area contributed by atoms with E-state index in [0.717, 1.165) is 49.6 Å². The molecule has 1 aliphatic rings. The van der Waals surface area contributed by atoms with Crippen LogP contribution in [0.1, 0.15) is 11.1 Å². The lowest BCUT2D eigenvalue weighted by molar-refractivity contribution is 0.249. The first-order valence-electron chi connectivity index (χ1n) is 8.36. The summed E-state index contributed by atoms with van der Waals surface area (Å²) < 4.78 is 1.80. The standard InChI is InChI=1S/C18H22N6/c1-14-4-3-5-15(10-14)12-23-6-8-24(9-7-23)18-16-11-21-22(2)17(16)19-13-20-18/h3-5,10-11,13H,6-9,12H2,1-2H3. The third-order valence-electron chi connectivity index (χ3n) is 4.67. The third kappa shape index (κ3) is 2.85. The largest absolute Gasteiger partial charge is 0.353 e. The van der Waals surface area contributed by atoms with Gasteiger partial charge < -0.3 is 4.90 Å². The van der Waals surface area contributed by atoms with Crippen molar-refractivity contribution in [3.63, 3.8) is 0 Å². The molecular formula is C18H22N6. The lowest BCUT2D eigenvalue weighted by Crippen LogP contribution is -2.46. The van der Waals surface area contributed by atoms with Gasteiger partial charge in [0, 0.05) is 39.8 Å². The van der Waals surface area contributed by atoms with Crippen LogP contribution in [0.25, 0.3) is 11.0 Å². The fraction of sp³-hybridized carbons (Fsp3) is 0.389. The zero-order valence-corrected chi connectivity index (χ0v) is 14.2. The Bertz CT molecular complexity index is 848. The Labute approximate surface area is 141 Å². The van der Waals surface area contributed by atoms with E-state index < -0.39 is 0 Å². The SMILES string of the molecule is Cc1cccc(CN2CCN(c3ncnc4c3cnn4C)CC2)c1. The van der Waals surface area contributed by atoms with Crippen LogP contribution in [0.2, 0.25) is 0 Å². The van der Waals surface area contributed by atoms with Crippen molar-refractivity contribution >= 4 is 16.9 Å². The molecule has 0 amide bonds. The number of aromatic nitrogens is 4. The van der Waals surface area contributed by atoms with Gasteiger partial charge in [-0.05, 0) is 12.5 Å². The topological polar surface area (TPSA) is 50.1 Å². The molecule has 2 aromatic heterocycles. The van der Waals surface area contributed by atoms with Crippen LogP contribution < -0.4 is 4.90 Å². The second kappa shape index (κ2) is 6.20. The van der Waals surface area contributed by atoms with Gasteiger partial charge in [0.1, 0.15) is 12.1 Å². The Kier molecular flexibility index (Phi) is 3.90. The molecule has 0 saturated carbocycles. The van der Waals surface area contributed by atoms with Crippen LogP contribution in [0.3, 0.4) is 0 Å². The highest BCUT2D eigenvalue weighted by atomic mass is 15.3. The molecule has 4 rings (SSSR count). The molecule has 0 unspecified atom stereocenters. The van der Waals surface area contributed by atoms with Crippen molar-refractivity contribution in [2.75, 3.05) is 31.1 Å². The summed E-state index contributed by atoms with van der Waals surface area (Å²) >= 11 is 0. The van der Waals surface area contributed by atoms with Crippen molar-refractivity contribution in [3.05, 3.63) is 47.9 Å². The minimum atomic E-state index is 0.891. The number of anilines is 1. The van der Waals surface area contributed by atoms with Crippen molar-refractivity contribution in [1.82, 2.24) is 24.6 Å². The van der Waals surface area contributed by atoms with Crippen LogP contribution >= 0.6 is 0 Å². The molecule has 0 bridgehead atoms. The summed E-state index contributed by atoms with van der Waals surface area (Å²) in [7, 11) is 1.92. The molecule has 6 heteroatoms. The number of hydrogen-bond donors (Lipinski definition) is 0. The minimum absolute atomic E-state index is 0.891. The average Bonchev–Trinajstić information content (AvgIpc) is 2.97. The first kappa shape index (κ1) is 15.1. The van der Waals surface area contributed by atoms with Crippen LogP contribution in [-0.4, -0.2) is 50.8 Å². The number of benzene rings is 1. The lowest BCUT2D eigenvalue weighted by atomic mass is 10.1. The maximum absolute atomic E-state index is 4.51. The Balaban J connectivity index is 1.46. The van der Waals surface area contributed by atoms with Gasteiger partial charge >= 0.3 is 0 Å². The fourth-order valence-electron chi connectivity index (χ4n) is 3.39. The number of aryl methyl sites for hydroxylation is 2. The number of fused-ring (bicyclic) bond motifs is 1. The number of piperazine rings is 1. The zero-order chi connectivity index (χ0) is 16.5. The van der Waals surface area contributed by atoms with Crippen molar-refractivity contribution in [2.45, 2.75) is 13.5 Å². The quantitative estimate of drug-likeness (QED) is 0.738. The van der Waals surface area contributed by atoms with Gasteiger partial charge in [-0.2, -0.15) is 5.10 Å². The summed E-state index contributed by atoms with van der Waals surface area (Å²) in [6.45, 7) is 7.20. The minimum Gasteiger partial charge on any atom is -0.353 e. The summed E-state index contributed by atoms with van der Waals surface area (Å²) in [6, 6.07) is 8.77. The van der Waals surface area contributed by atoms with E-state index in [9.17, 15) is 0 Å². The van der Waals surface area contributed by atoms with E-state index in [4.69, 9.17) is 0 Å². The van der Waals surface area contributed by atoms with Crippen LogP contribution in [0.4, 0.5) is 5.82 Å². The van der Waals surface area contributed by atoms with Gasteiger partial charge in [-0.1, -0.05) is 29.8 Å². The first-order chi connectivity index (χ1) is 11.7. The Morgan fingerprint density at radius 3 is 2.71 bits per heavy atom. The Hall–Kier alpha value is -2.47. The predicted molar refractivity (Wildman–Crippen MR) is 95.0 cm³/mol. The molecule has 3 heterocycles. The molecule has 124 valence electrons. The van der Waals surface area contributed by atoms with E-state index in [1.165, 1.54) is 11.1 Å². The smallest absolute Gasteiger partial charge is 0.163 e. The summed E-state index contributed by atoms with van der Waals surface area (Å²) in [4.78, 5) is 13.7. The second-order valence-corrected chi connectivity index (χ2v) is 6.45. The molecule has 1 saturated heterocycles. The average molecular weight is 322 g/mol. The molecule has 6 nitrogen and oxygen atoms in total. The molecule has 0 N–H and O–H groups in total. The fourth-order valence-corrected chi connectivity index (χ4v) is 3.39. The van der Waals surface area contributed by atoms with Gasteiger partial charge in [-0.3, -0.25) is 9.58 Å². The summed E-state index contributed by atoms with van der Waals surface area (Å²) in [5.41, 5.74) is 3.61. The van der Waals surface area contributed by atoms with Gasteiger partial charge in [0.25, 0.3) is 0 Å². The molecule has 1 aliphatic heterocycles. The molecule has 1 fully saturated rings. The van der Waals surface area contributed by atoms with E-state index in [1.54, 1.807) is 11.0 Å². The van der Waals surface area contributed by atoms with Crippen LogP contribution in [0.5, 0.6) is 0 Å². The Morgan fingerprint density at radius 2 is 1.92 bits per heavy atom. The van der Waals surface area contributed by atoms with Crippen molar-refractivity contribution in [3.8, 4) is 0 Å². The van der Waals surface area contributed by atoms with Gasteiger partial charge in [0.2, 0.25) is 0 Å². The van der Waals surface area contributed by atoms with E-state index in [1.807, 2.05) is 13.2 Å². The van der Waals surface area contributed by atoms with Crippen LogP contribution in [0.15, 0.2) is 36.8 Å². The molecule has 0 atom stereocenters. The first-order valence-corrected chi connectivity index (χ1v) is 8.36. The van der Waals surface area contributed by atoms with Gasteiger partial charge in [0.15, 0.2) is 5.65 Å². The van der Waals surface area contributed by atoms with E-state index in [2.05, 4.69) is 56.1 Å². The molecule has 0 spiro atoms. The lowest BCUT2D eigenvalue weighted by Gasteiger charge is -2.35. The van der Waals surface area contributed by atoms with Gasteiger partial charge in [-0.25, -0.2) is 9.97 Å². The van der Waals surface area contributed by atoms with Crippen molar-refractivity contribution < 1.29 is 0 Å². The van der Waals surface area contributed by atoms with Gasteiger partial charge in [0.05, 0.1) is 11.6 Å². The van der Waals surface area contributed by atoms with E-state index in [0.29, 0.717) is 0 Å². The highest BCUT2D eigenvalue weighted by Gasteiger charge is 2.21. The molecular weight excluding hydrogens is 300 g/mol. The molecule has 24 heavy (non-hydrogen) atoms. The van der Waals surface area contributed by atoms with Crippen molar-refractivity contribution in [1.29, 1.82) is 0 Å². The molecule has 1 aromatic carbocycles. The molecule has 0 aliphatic carbocycles. The maximum Gasteiger partial charge on any atom is 0.163 e. The predicted octanol–water partition coefficient (Wildman–Crippen LogP) is 1.99. The summed E-state index contributed by atoms with van der Waals surface area (Å²) in [5.74, 6) is 1.00. The normalized spacial score (nSPS) is 16.0. The van der Waals surface area contributed by atoms with Crippen LogP contribution in [-0.2, 0) is 13.6 Å². The molecule has 0 radical (unpaired) electrons. The maximum atomic E-state index is 4.51. The summed E-state index contributed by atoms with van der Waals surface area (Å²) in [6.07, 6.45) is 3.50.